The summed E-state index contributed by atoms with van der Waals surface area (Å²) in [6.45, 7) is 0. The van der Waals surface area contributed by atoms with Crippen molar-refractivity contribution in [2.45, 2.75) is 73.1 Å². The molecule has 0 unspecified atom stereocenters. The van der Waals surface area contributed by atoms with E-state index in [2.05, 4.69) is 30.3 Å². The predicted octanol–water partition coefficient (Wildman–Crippen LogP) is 5.55. The Morgan fingerprint density at radius 1 is 0.667 bits per heavy atom. The third-order valence-corrected chi connectivity index (χ3v) is 13.1. The van der Waals surface area contributed by atoms with Crippen molar-refractivity contribution in [2.75, 3.05) is 0 Å². The summed E-state index contributed by atoms with van der Waals surface area (Å²) in [4.78, 5) is 0. The average Bonchev–Trinajstić information content (AvgIpc) is 2.57. The van der Waals surface area contributed by atoms with Gasteiger partial charge in [-0.15, -0.1) is 0 Å². The molecule has 0 aromatic heterocycles. The van der Waals surface area contributed by atoms with E-state index >= 15 is 0 Å². The first-order chi connectivity index (χ1) is 10.4. The summed E-state index contributed by atoms with van der Waals surface area (Å²) in [5, 5.41) is 0. The van der Waals surface area contributed by atoms with E-state index in [-0.39, 0.29) is 0 Å². The average molecular weight is 399 g/mol. The van der Waals surface area contributed by atoms with Crippen LogP contribution in [0.25, 0.3) is 0 Å². The second kappa shape index (κ2) is 8.59. The molecular formula is C20H31Te+. The van der Waals surface area contributed by atoms with Crippen molar-refractivity contribution in [3.63, 3.8) is 0 Å². The Bertz CT molecular complexity index is 368. The molecular weight excluding hydrogens is 368 g/mol. The van der Waals surface area contributed by atoms with Crippen LogP contribution in [-0.2, 0) is 0 Å². The monoisotopic (exact) mass is 401 g/mol. The Morgan fingerprint density at radius 2 is 1.14 bits per heavy atom. The summed E-state index contributed by atoms with van der Waals surface area (Å²) in [7, 11) is 0. The Balaban J connectivity index is 1.64. The van der Waals surface area contributed by atoms with Gasteiger partial charge in [0.1, 0.15) is 0 Å². The van der Waals surface area contributed by atoms with Gasteiger partial charge in [-0.05, 0) is 0 Å². The summed E-state index contributed by atoms with van der Waals surface area (Å²) in [5.74, 6) is 2.17. The number of hydrogen-bond acceptors (Lipinski definition) is 0. The van der Waals surface area contributed by atoms with Crippen molar-refractivity contribution >= 4 is 23.2 Å². The number of hydrogen-bond donors (Lipinski definition) is 0. The van der Waals surface area contributed by atoms with E-state index in [4.69, 9.17) is 0 Å². The SMILES string of the molecule is c1ccc([Te+](CC2CCCCC2)CC2CCCCC2)cc1. The molecule has 2 saturated carbocycles. The molecule has 21 heavy (non-hydrogen) atoms. The third-order valence-electron chi connectivity index (χ3n) is 5.40. The van der Waals surface area contributed by atoms with E-state index in [1.54, 1.807) is 12.5 Å². The molecule has 0 radical (unpaired) electrons. The van der Waals surface area contributed by atoms with Crippen LogP contribution < -0.4 is 3.61 Å². The van der Waals surface area contributed by atoms with E-state index in [0.29, 0.717) is 0 Å². The molecule has 0 bridgehead atoms. The van der Waals surface area contributed by atoms with Gasteiger partial charge in [-0.2, -0.15) is 0 Å². The van der Waals surface area contributed by atoms with Crippen LogP contribution in [0.5, 0.6) is 0 Å². The number of benzene rings is 1. The zero-order valence-electron chi connectivity index (χ0n) is 13.4. The van der Waals surface area contributed by atoms with E-state index < -0.39 is 19.6 Å². The van der Waals surface area contributed by atoms with Crippen LogP contribution in [-0.4, -0.2) is 19.6 Å². The molecule has 0 N–H and O–H groups in total. The molecule has 1 heteroatoms. The topological polar surface area (TPSA) is 0 Å². The molecule has 116 valence electrons. The fraction of sp³-hybridized carbons (Fsp3) is 0.700. The van der Waals surface area contributed by atoms with Gasteiger partial charge in [0.05, 0.1) is 0 Å². The van der Waals surface area contributed by atoms with Crippen molar-refractivity contribution in [2.24, 2.45) is 11.8 Å². The zero-order valence-corrected chi connectivity index (χ0v) is 15.8. The van der Waals surface area contributed by atoms with Crippen molar-refractivity contribution in [1.29, 1.82) is 0 Å². The van der Waals surface area contributed by atoms with E-state index in [1.165, 1.54) is 64.2 Å². The molecule has 0 amide bonds. The quantitative estimate of drug-likeness (QED) is 0.570. The van der Waals surface area contributed by atoms with Gasteiger partial charge < -0.3 is 0 Å². The molecule has 1 aromatic carbocycles. The van der Waals surface area contributed by atoms with Crippen LogP contribution in [0.3, 0.4) is 0 Å². The molecule has 0 spiro atoms. The van der Waals surface area contributed by atoms with Gasteiger partial charge in [-0.25, -0.2) is 0 Å². The maximum atomic E-state index is 2.46. The van der Waals surface area contributed by atoms with Gasteiger partial charge in [-0.3, -0.25) is 0 Å². The van der Waals surface area contributed by atoms with Crippen molar-refractivity contribution in [3.05, 3.63) is 30.3 Å². The summed E-state index contributed by atoms with van der Waals surface area (Å²) >= 11 is -1.09. The fourth-order valence-electron chi connectivity index (χ4n) is 4.15. The van der Waals surface area contributed by atoms with Crippen LogP contribution in [0.1, 0.15) is 64.2 Å². The van der Waals surface area contributed by atoms with Gasteiger partial charge in [0.25, 0.3) is 0 Å². The second-order valence-electron chi connectivity index (χ2n) is 7.15. The van der Waals surface area contributed by atoms with Crippen LogP contribution >= 0.6 is 0 Å². The Hall–Kier alpha value is 0.00961. The standard InChI is InChI=1S/C20H31Te/c1-4-10-18(11-5-1)16-21(20-14-8-3-9-15-20)17-19-12-6-2-7-13-19/h3,8-9,14-15,18-19H,1-2,4-7,10-13,16-17H2/q+1. The van der Waals surface area contributed by atoms with Crippen molar-refractivity contribution in [3.8, 4) is 0 Å². The predicted molar refractivity (Wildman–Crippen MR) is 94.6 cm³/mol. The molecule has 3 rings (SSSR count). The van der Waals surface area contributed by atoms with Crippen LogP contribution in [0.4, 0.5) is 0 Å². The Kier molecular flexibility index (Phi) is 6.50. The molecule has 2 aliphatic rings. The molecule has 1 aromatic rings. The van der Waals surface area contributed by atoms with Crippen molar-refractivity contribution < 1.29 is 0 Å². The first kappa shape index (κ1) is 15.9. The van der Waals surface area contributed by atoms with Crippen LogP contribution in [0.15, 0.2) is 30.3 Å². The molecule has 0 saturated heterocycles. The first-order valence-corrected chi connectivity index (χ1v) is 13.6. The van der Waals surface area contributed by atoms with Gasteiger partial charge in [-0.1, -0.05) is 0 Å². The third kappa shape index (κ3) is 5.01. The fourth-order valence-corrected chi connectivity index (χ4v) is 12.3. The van der Waals surface area contributed by atoms with Gasteiger partial charge in [0.2, 0.25) is 0 Å². The normalized spacial score (nSPS) is 21.8. The zero-order chi connectivity index (χ0) is 14.3. The van der Waals surface area contributed by atoms with Crippen LogP contribution in [0.2, 0.25) is 8.94 Å². The number of rotatable bonds is 5. The molecule has 0 aliphatic heterocycles. The van der Waals surface area contributed by atoms with E-state index in [9.17, 15) is 0 Å². The summed E-state index contributed by atoms with van der Waals surface area (Å²) < 4.78 is 5.05. The summed E-state index contributed by atoms with van der Waals surface area (Å²) in [5.41, 5.74) is 0. The van der Waals surface area contributed by atoms with Gasteiger partial charge >= 0.3 is 138 Å². The second-order valence-corrected chi connectivity index (χ2v) is 13.2. The van der Waals surface area contributed by atoms with E-state index in [0.717, 1.165) is 11.8 Å². The molecule has 2 aliphatic carbocycles. The molecule has 2 fully saturated rings. The van der Waals surface area contributed by atoms with Gasteiger partial charge in [0, 0.05) is 0 Å². The Labute approximate surface area is 138 Å². The molecule has 0 atom stereocenters. The minimum atomic E-state index is -1.09. The van der Waals surface area contributed by atoms with Crippen molar-refractivity contribution in [1.82, 2.24) is 0 Å². The van der Waals surface area contributed by atoms with E-state index in [1.807, 2.05) is 0 Å². The van der Waals surface area contributed by atoms with Crippen LogP contribution in [0, 0.1) is 11.8 Å². The summed E-state index contributed by atoms with van der Waals surface area (Å²) in [6, 6.07) is 11.7. The van der Waals surface area contributed by atoms with Gasteiger partial charge in [0.15, 0.2) is 0 Å². The Morgan fingerprint density at radius 3 is 1.62 bits per heavy atom. The first-order valence-electron chi connectivity index (χ1n) is 9.14. The summed E-state index contributed by atoms with van der Waals surface area (Å²) in [6.07, 6.45) is 15.2. The molecule has 0 heterocycles. The maximum absolute atomic E-state index is 2.46. The molecule has 0 nitrogen and oxygen atoms in total. The minimum absolute atomic E-state index is 1.08.